The van der Waals surface area contributed by atoms with Gasteiger partial charge in [0.1, 0.15) is 0 Å². The lowest BCUT2D eigenvalue weighted by Gasteiger charge is -2.12. The third kappa shape index (κ3) is 3.25. The SMILES string of the molecule is COCCn1cc(NC(=O)NC2CCCC2)c2ccccc21. The Morgan fingerprint density at radius 1 is 1.32 bits per heavy atom. The number of rotatable bonds is 5. The fraction of sp³-hybridized carbons (Fsp3) is 0.471. The molecule has 2 N–H and O–H groups in total. The minimum atomic E-state index is -0.110. The van der Waals surface area contributed by atoms with Crippen LogP contribution in [0.4, 0.5) is 10.5 Å². The van der Waals surface area contributed by atoms with Crippen LogP contribution in [0.1, 0.15) is 25.7 Å². The van der Waals surface area contributed by atoms with Crippen LogP contribution < -0.4 is 10.6 Å². The fourth-order valence-electron chi connectivity index (χ4n) is 3.13. The van der Waals surface area contributed by atoms with E-state index >= 15 is 0 Å². The maximum Gasteiger partial charge on any atom is 0.319 e. The molecule has 2 aromatic rings. The quantitative estimate of drug-likeness (QED) is 0.890. The van der Waals surface area contributed by atoms with E-state index in [1.807, 2.05) is 24.4 Å². The molecule has 5 nitrogen and oxygen atoms in total. The van der Waals surface area contributed by atoms with Crippen LogP contribution in [0.25, 0.3) is 10.9 Å². The molecule has 1 aliphatic rings. The Morgan fingerprint density at radius 2 is 2.09 bits per heavy atom. The minimum absolute atomic E-state index is 0.110. The molecule has 0 aliphatic heterocycles. The molecular weight excluding hydrogens is 278 g/mol. The first-order chi connectivity index (χ1) is 10.8. The van der Waals surface area contributed by atoms with Crippen molar-refractivity contribution in [1.29, 1.82) is 0 Å². The van der Waals surface area contributed by atoms with Gasteiger partial charge >= 0.3 is 6.03 Å². The monoisotopic (exact) mass is 301 g/mol. The van der Waals surface area contributed by atoms with Crippen LogP contribution >= 0.6 is 0 Å². The van der Waals surface area contributed by atoms with E-state index in [4.69, 9.17) is 4.74 Å². The van der Waals surface area contributed by atoms with Crippen molar-refractivity contribution in [3.8, 4) is 0 Å². The van der Waals surface area contributed by atoms with Crippen molar-refractivity contribution < 1.29 is 9.53 Å². The summed E-state index contributed by atoms with van der Waals surface area (Å²) in [7, 11) is 1.69. The van der Waals surface area contributed by atoms with Crippen LogP contribution in [-0.4, -0.2) is 30.4 Å². The zero-order valence-corrected chi connectivity index (χ0v) is 13.0. The number of hydrogen-bond acceptors (Lipinski definition) is 2. The summed E-state index contributed by atoms with van der Waals surface area (Å²) >= 11 is 0. The van der Waals surface area contributed by atoms with E-state index in [0.717, 1.165) is 36.0 Å². The van der Waals surface area contributed by atoms with Crippen molar-refractivity contribution in [2.45, 2.75) is 38.3 Å². The number of fused-ring (bicyclic) bond motifs is 1. The van der Waals surface area contributed by atoms with Crippen LogP contribution in [0.3, 0.4) is 0 Å². The fourth-order valence-corrected chi connectivity index (χ4v) is 3.13. The highest BCUT2D eigenvalue weighted by Crippen LogP contribution is 2.26. The summed E-state index contributed by atoms with van der Waals surface area (Å²) in [6.07, 6.45) is 6.58. The van der Waals surface area contributed by atoms with Gasteiger partial charge in [-0.3, -0.25) is 0 Å². The molecule has 1 aliphatic carbocycles. The minimum Gasteiger partial charge on any atom is -0.383 e. The highest BCUT2D eigenvalue weighted by molar-refractivity contribution is 6.01. The number of ether oxygens (including phenoxy) is 1. The number of anilines is 1. The standard InChI is InChI=1S/C17H23N3O2/c1-22-11-10-20-12-15(14-8-4-5-9-16(14)20)19-17(21)18-13-6-2-3-7-13/h4-5,8-9,12-13H,2-3,6-7,10-11H2,1H3,(H2,18,19,21). The summed E-state index contributed by atoms with van der Waals surface area (Å²) in [5.74, 6) is 0. The van der Waals surface area contributed by atoms with Gasteiger partial charge in [0.15, 0.2) is 0 Å². The Morgan fingerprint density at radius 3 is 2.86 bits per heavy atom. The Hall–Kier alpha value is -2.01. The van der Waals surface area contributed by atoms with E-state index in [2.05, 4.69) is 21.3 Å². The number of nitrogens with one attached hydrogen (secondary N) is 2. The molecule has 0 saturated heterocycles. The van der Waals surface area contributed by atoms with E-state index in [9.17, 15) is 4.79 Å². The number of amides is 2. The maximum atomic E-state index is 12.2. The smallest absolute Gasteiger partial charge is 0.319 e. The number of carbonyl (C=O) groups is 1. The first-order valence-electron chi connectivity index (χ1n) is 7.92. The molecule has 0 radical (unpaired) electrons. The first-order valence-corrected chi connectivity index (χ1v) is 7.92. The van der Waals surface area contributed by atoms with Crippen molar-refractivity contribution in [2.75, 3.05) is 19.0 Å². The molecule has 1 saturated carbocycles. The van der Waals surface area contributed by atoms with Crippen LogP contribution in [0.5, 0.6) is 0 Å². The second-order valence-electron chi connectivity index (χ2n) is 5.83. The van der Waals surface area contributed by atoms with Gasteiger partial charge in [0, 0.05) is 31.3 Å². The Labute approximate surface area is 130 Å². The lowest BCUT2D eigenvalue weighted by Crippen LogP contribution is -2.36. The van der Waals surface area contributed by atoms with Gasteiger partial charge in [-0.2, -0.15) is 0 Å². The molecule has 1 aromatic heterocycles. The molecule has 1 heterocycles. The highest BCUT2D eigenvalue weighted by Gasteiger charge is 2.18. The topological polar surface area (TPSA) is 55.3 Å². The molecule has 0 atom stereocenters. The van der Waals surface area contributed by atoms with Crippen LogP contribution in [0.2, 0.25) is 0 Å². The van der Waals surface area contributed by atoms with Gasteiger partial charge < -0.3 is 19.9 Å². The van der Waals surface area contributed by atoms with Gasteiger partial charge in [-0.15, -0.1) is 0 Å². The summed E-state index contributed by atoms with van der Waals surface area (Å²) in [5.41, 5.74) is 1.96. The number of aromatic nitrogens is 1. The highest BCUT2D eigenvalue weighted by atomic mass is 16.5. The van der Waals surface area contributed by atoms with E-state index in [1.165, 1.54) is 12.8 Å². The normalized spacial score (nSPS) is 15.3. The molecule has 0 spiro atoms. The summed E-state index contributed by atoms with van der Waals surface area (Å²) in [4.78, 5) is 12.2. The maximum absolute atomic E-state index is 12.2. The van der Waals surface area contributed by atoms with Crippen LogP contribution in [0.15, 0.2) is 30.5 Å². The van der Waals surface area contributed by atoms with Gasteiger partial charge in [-0.05, 0) is 18.9 Å². The Bertz CT molecular complexity index is 644. The van der Waals surface area contributed by atoms with Crippen molar-refractivity contribution in [3.05, 3.63) is 30.5 Å². The molecule has 1 aromatic carbocycles. The number of hydrogen-bond donors (Lipinski definition) is 2. The molecule has 2 amide bonds. The second-order valence-corrected chi connectivity index (χ2v) is 5.83. The van der Waals surface area contributed by atoms with Crippen LogP contribution in [0, 0.1) is 0 Å². The molecule has 5 heteroatoms. The zero-order chi connectivity index (χ0) is 15.4. The molecule has 22 heavy (non-hydrogen) atoms. The lowest BCUT2D eigenvalue weighted by atomic mass is 10.2. The summed E-state index contributed by atoms with van der Waals surface area (Å²) < 4.78 is 7.27. The van der Waals surface area contributed by atoms with E-state index < -0.39 is 0 Å². The molecule has 118 valence electrons. The lowest BCUT2D eigenvalue weighted by molar-refractivity contribution is 0.188. The van der Waals surface area contributed by atoms with E-state index in [-0.39, 0.29) is 6.03 Å². The Kier molecular flexibility index (Phi) is 4.63. The van der Waals surface area contributed by atoms with Crippen molar-refractivity contribution in [2.24, 2.45) is 0 Å². The molecule has 0 unspecified atom stereocenters. The number of carbonyl (C=O) groups excluding carboxylic acids is 1. The number of para-hydroxylation sites is 1. The van der Waals surface area contributed by atoms with Gasteiger partial charge in [0.25, 0.3) is 0 Å². The largest absolute Gasteiger partial charge is 0.383 e. The molecule has 1 fully saturated rings. The van der Waals surface area contributed by atoms with Gasteiger partial charge in [-0.25, -0.2) is 4.79 Å². The van der Waals surface area contributed by atoms with Crippen molar-refractivity contribution in [3.63, 3.8) is 0 Å². The van der Waals surface area contributed by atoms with Gasteiger partial charge in [0.05, 0.1) is 17.8 Å². The number of benzene rings is 1. The third-order valence-electron chi connectivity index (χ3n) is 4.26. The molecule has 3 rings (SSSR count). The third-order valence-corrected chi connectivity index (χ3v) is 4.26. The van der Waals surface area contributed by atoms with Gasteiger partial charge in [-0.1, -0.05) is 31.0 Å². The summed E-state index contributed by atoms with van der Waals surface area (Å²) in [5, 5.41) is 7.11. The van der Waals surface area contributed by atoms with Crippen molar-refractivity contribution >= 4 is 22.6 Å². The predicted molar refractivity (Wildman–Crippen MR) is 88.2 cm³/mol. The summed E-state index contributed by atoms with van der Waals surface area (Å²) in [6.45, 7) is 1.41. The Balaban J connectivity index is 1.76. The zero-order valence-electron chi connectivity index (χ0n) is 13.0. The number of urea groups is 1. The second kappa shape index (κ2) is 6.83. The number of nitrogens with zero attached hydrogens (tertiary/aromatic N) is 1. The number of methoxy groups -OCH3 is 1. The average molecular weight is 301 g/mol. The average Bonchev–Trinajstić information content (AvgIpc) is 3.14. The van der Waals surface area contributed by atoms with Crippen LogP contribution in [-0.2, 0) is 11.3 Å². The van der Waals surface area contributed by atoms with E-state index in [0.29, 0.717) is 12.6 Å². The van der Waals surface area contributed by atoms with Gasteiger partial charge in [0.2, 0.25) is 0 Å². The predicted octanol–water partition coefficient (Wildman–Crippen LogP) is 3.35. The summed E-state index contributed by atoms with van der Waals surface area (Å²) in [6, 6.07) is 8.30. The first kappa shape index (κ1) is 14.9. The molecular formula is C17H23N3O2. The molecule has 0 bridgehead atoms. The van der Waals surface area contributed by atoms with Crippen molar-refractivity contribution in [1.82, 2.24) is 9.88 Å². The van der Waals surface area contributed by atoms with E-state index in [1.54, 1.807) is 7.11 Å².